The van der Waals surface area contributed by atoms with Gasteiger partial charge >= 0.3 is 0 Å². The van der Waals surface area contributed by atoms with Gasteiger partial charge in [-0.25, -0.2) is 4.39 Å². The first-order chi connectivity index (χ1) is 8.47. The van der Waals surface area contributed by atoms with Crippen LogP contribution in [0.25, 0.3) is 0 Å². The highest BCUT2D eigenvalue weighted by Crippen LogP contribution is 2.22. The Labute approximate surface area is 124 Å². The molecule has 0 aliphatic rings. The lowest BCUT2D eigenvalue weighted by molar-refractivity contribution is 0.106. The lowest BCUT2D eigenvalue weighted by Crippen LogP contribution is -2.41. The molecule has 0 aliphatic heterocycles. The van der Waals surface area contributed by atoms with Crippen molar-refractivity contribution in [2.24, 2.45) is 0 Å². The molecule has 0 saturated heterocycles. The van der Waals surface area contributed by atoms with Gasteiger partial charge in [-0.05, 0) is 63.0 Å². The first-order valence-electron chi connectivity index (χ1n) is 6.17. The maximum atomic E-state index is 13.7. The summed E-state index contributed by atoms with van der Waals surface area (Å²) in [6, 6.07) is 0.236. The summed E-state index contributed by atoms with van der Waals surface area (Å²) < 4.78 is 19.9. The second-order valence-corrected chi connectivity index (χ2v) is 5.70. The maximum Gasteiger partial charge on any atom is 0.173 e. The average Bonchev–Trinajstić information content (AvgIpc) is 2.35. The fourth-order valence-corrected chi connectivity index (χ4v) is 1.81. The molecule has 18 heavy (non-hydrogen) atoms. The molecule has 0 heterocycles. The van der Waals surface area contributed by atoms with E-state index in [0.29, 0.717) is 15.9 Å². The Bertz CT molecular complexity index is 301. The lowest BCUT2D eigenvalue weighted by Gasteiger charge is -2.27. The third-order valence-electron chi connectivity index (χ3n) is 2.65. The number of nitrogens with one attached hydrogen (secondary N) is 1. The minimum absolute atomic E-state index is 0.236. The van der Waals surface area contributed by atoms with Crippen molar-refractivity contribution in [1.82, 2.24) is 10.2 Å². The molecule has 0 aromatic carbocycles. The molecule has 3 nitrogen and oxygen atoms in total. The summed E-state index contributed by atoms with van der Waals surface area (Å²) in [5, 5.41) is 3.11. The first-order valence-corrected chi connectivity index (χ1v) is 7.25. The van der Waals surface area contributed by atoms with Gasteiger partial charge in [0.2, 0.25) is 0 Å². The molecule has 0 aromatic rings. The largest absolute Gasteiger partial charge is 0.489 e. The summed E-state index contributed by atoms with van der Waals surface area (Å²) in [5.74, 6) is 0.0521. The zero-order chi connectivity index (χ0) is 14.1. The van der Waals surface area contributed by atoms with E-state index < -0.39 is 0 Å². The smallest absolute Gasteiger partial charge is 0.173 e. The van der Waals surface area contributed by atoms with Crippen molar-refractivity contribution in [2.45, 2.75) is 33.7 Å². The molecular formula is C13H24FIN2O. The molecule has 0 saturated carbocycles. The van der Waals surface area contributed by atoms with E-state index >= 15 is 0 Å². The Morgan fingerprint density at radius 2 is 2.17 bits per heavy atom. The summed E-state index contributed by atoms with van der Waals surface area (Å²) in [6.45, 7) is 9.89. The number of ether oxygens (including phenoxy) is 1. The topological polar surface area (TPSA) is 24.5 Å². The number of allylic oxidation sites excluding steroid dienone is 3. The zero-order valence-electron chi connectivity index (χ0n) is 11.9. The fourth-order valence-electron chi connectivity index (χ4n) is 1.54. The third-order valence-corrected chi connectivity index (χ3v) is 3.13. The predicted octanol–water partition coefficient (Wildman–Crippen LogP) is 3.43. The lowest BCUT2D eigenvalue weighted by atomic mass is 10.3. The van der Waals surface area contributed by atoms with E-state index in [0.717, 1.165) is 13.2 Å². The van der Waals surface area contributed by atoms with Gasteiger partial charge < -0.3 is 10.1 Å². The van der Waals surface area contributed by atoms with E-state index in [1.54, 1.807) is 19.9 Å². The van der Waals surface area contributed by atoms with Crippen LogP contribution in [0.1, 0.15) is 27.7 Å². The number of rotatable bonds is 8. The molecule has 0 unspecified atom stereocenters. The molecular weight excluding hydrogens is 346 g/mol. The normalized spacial score (nSPS) is 15.7. The van der Waals surface area contributed by atoms with Crippen LogP contribution in [-0.4, -0.2) is 37.8 Å². The predicted molar refractivity (Wildman–Crippen MR) is 83.3 cm³/mol. The molecule has 0 bridgehead atoms. The van der Waals surface area contributed by atoms with E-state index in [1.165, 1.54) is 0 Å². The molecule has 5 heteroatoms. The molecule has 0 aliphatic carbocycles. The van der Waals surface area contributed by atoms with Crippen molar-refractivity contribution in [3.05, 3.63) is 21.2 Å². The van der Waals surface area contributed by atoms with E-state index in [4.69, 9.17) is 4.74 Å². The van der Waals surface area contributed by atoms with Crippen molar-refractivity contribution < 1.29 is 9.13 Å². The number of halogens is 2. The highest BCUT2D eigenvalue weighted by atomic mass is 127. The molecule has 0 rings (SSSR count). The molecule has 0 spiro atoms. The Balaban J connectivity index is 4.42. The Morgan fingerprint density at radius 3 is 2.56 bits per heavy atom. The summed E-state index contributed by atoms with van der Waals surface area (Å²) in [5.41, 5.74) is 0. The fraction of sp³-hybridized carbons (Fsp3) is 0.692. The van der Waals surface area contributed by atoms with Crippen LogP contribution in [0, 0.1) is 0 Å². The van der Waals surface area contributed by atoms with Gasteiger partial charge in [-0.15, -0.1) is 0 Å². The van der Waals surface area contributed by atoms with Gasteiger partial charge in [0.05, 0.1) is 0 Å². The van der Waals surface area contributed by atoms with Crippen molar-refractivity contribution in [3.8, 4) is 0 Å². The van der Waals surface area contributed by atoms with Gasteiger partial charge in [-0.3, -0.25) is 4.90 Å². The van der Waals surface area contributed by atoms with Gasteiger partial charge in [-0.1, -0.05) is 6.92 Å². The number of hydrogen-bond acceptors (Lipinski definition) is 3. The van der Waals surface area contributed by atoms with Gasteiger partial charge in [0, 0.05) is 16.3 Å². The van der Waals surface area contributed by atoms with Crippen molar-refractivity contribution in [2.75, 3.05) is 26.9 Å². The number of likely N-dealkylation sites (N-methyl/N-ethyl adjacent to an activating group) is 1. The third kappa shape index (κ3) is 6.15. The highest BCUT2D eigenvalue weighted by molar-refractivity contribution is 14.1. The van der Waals surface area contributed by atoms with Crippen LogP contribution < -0.4 is 5.32 Å². The monoisotopic (exact) mass is 370 g/mol. The quantitative estimate of drug-likeness (QED) is 0.307. The summed E-state index contributed by atoms with van der Waals surface area (Å²) >= 11 is 1.96. The zero-order valence-corrected chi connectivity index (χ0v) is 14.0. The van der Waals surface area contributed by atoms with Crippen molar-refractivity contribution >= 4 is 22.6 Å². The van der Waals surface area contributed by atoms with E-state index in [-0.39, 0.29) is 11.9 Å². The summed E-state index contributed by atoms with van der Waals surface area (Å²) in [6.07, 6.45) is 1.67. The minimum atomic E-state index is -0.276. The van der Waals surface area contributed by atoms with Gasteiger partial charge in [0.15, 0.2) is 11.6 Å². The molecule has 0 radical (unpaired) electrons. The number of nitrogens with zero attached hydrogens (tertiary/aromatic N) is 1. The van der Waals surface area contributed by atoms with Crippen molar-refractivity contribution in [3.63, 3.8) is 0 Å². The molecule has 106 valence electrons. The molecule has 0 fully saturated rings. The Kier molecular flexibility index (Phi) is 9.67. The van der Waals surface area contributed by atoms with Crippen LogP contribution in [0.3, 0.4) is 0 Å². The second-order valence-electron chi connectivity index (χ2n) is 4.08. The molecule has 1 N–H and O–H groups in total. The Morgan fingerprint density at radius 1 is 1.56 bits per heavy atom. The van der Waals surface area contributed by atoms with Crippen LogP contribution >= 0.6 is 22.6 Å². The van der Waals surface area contributed by atoms with Crippen LogP contribution in [0.5, 0.6) is 0 Å². The van der Waals surface area contributed by atoms with Crippen LogP contribution in [0.2, 0.25) is 0 Å². The van der Waals surface area contributed by atoms with E-state index in [2.05, 4.69) is 24.1 Å². The van der Waals surface area contributed by atoms with Gasteiger partial charge in [-0.2, -0.15) is 0 Å². The van der Waals surface area contributed by atoms with E-state index in [9.17, 15) is 4.39 Å². The maximum absolute atomic E-state index is 13.7. The summed E-state index contributed by atoms with van der Waals surface area (Å²) in [7, 11) is 1.91. The highest BCUT2D eigenvalue weighted by Gasteiger charge is 2.14. The minimum Gasteiger partial charge on any atom is -0.489 e. The first kappa shape index (κ1) is 17.9. The van der Waals surface area contributed by atoms with E-state index in [1.807, 2.05) is 29.6 Å². The molecule has 0 aromatic heterocycles. The van der Waals surface area contributed by atoms with Gasteiger partial charge in [0.25, 0.3) is 0 Å². The van der Waals surface area contributed by atoms with Crippen LogP contribution in [-0.2, 0) is 4.74 Å². The van der Waals surface area contributed by atoms with Gasteiger partial charge in [0.1, 0.15) is 6.61 Å². The standard InChI is InChI=1S/C13H24FIN2O/c1-6-12(13(14)11(4)15)18-8-10(3)17(7-2)9-16-5/h6,10,16H,7-9H2,1-5H3/b12-6+,13-11-/t10-/m0/s1. The van der Waals surface area contributed by atoms with Crippen LogP contribution in [0.15, 0.2) is 21.2 Å². The number of hydrogen-bond donors (Lipinski definition) is 1. The van der Waals surface area contributed by atoms with Crippen LogP contribution in [0.4, 0.5) is 4.39 Å². The second kappa shape index (κ2) is 9.75. The van der Waals surface area contributed by atoms with Crippen molar-refractivity contribution in [1.29, 1.82) is 0 Å². The SMILES string of the molecule is C/C=C(OC[C@H](C)N(CC)CNC)\C(F)=C(/C)I. The molecule has 1 atom stereocenters. The Hall–Kier alpha value is -0.140. The summed E-state index contributed by atoms with van der Waals surface area (Å²) in [4.78, 5) is 2.23. The molecule has 0 amide bonds. The average molecular weight is 370 g/mol.